The summed E-state index contributed by atoms with van der Waals surface area (Å²) >= 11 is 0. The van der Waals surface area contributed by atoms with Crippen LogP contribution in [0.2, 0.25) is 0 Å². The molecule has 0 saturated heterocycles. The molecular formula is C19H23NO3S. The first kappa shape index (κ1) is 18.2. The molecule has 1 unspecified atom stereocenters. The number of hydrogen-bond acceptors (Lipinski definition) is 3. The summed E-state index contributed by atoms with van der Waals surface area (Å²) in [5.74, 6) is 1.54. The van der Waals surface area contributed by atoms with Gasteiger partial charge in [-0.1, -0.05) is 0 Å². The minimum Gasteiger partial charge on any atom is -0.497 e. The number of rotatable bonds is 5. The Morgan fingerprint density at radius 3 is 1.50 bits per heavy atom. The summed E-state index contributed by atoms with van der Waals surface area (Å²) in [6.45, 7) is 5.73. The van der Waals surface area contributed by atoms with Gasteiger partial charge in [-0.3, -0.25) is 0 Å². The molecule has 128 valence electrons. The van der Waals surface area contributed by atoms with Crippen molar-refractivity contribution in [1.29, 1.82) is 0 Å². The highest BCUT2D eigenvalue weighted by molar-refractivity contribution is 7.85. The zero-order valence-corrected chi connectivity index (χ0v) is 15.5. The third-order valence-corrected chi connectivity index (χ3v) is 4.82. The molecule has 0 amide bonds. The van der Waals surface area contributed by atoms with E-state index in [1.54, 1.807) is 14.2 Å². The van der Waals surface area contributed by atoms with Gasteiger partial charge in [-0.25, -0.2) is 4.21 Å². The van der Waals surface area contributed by atoms with Crippen molar-refractivity contribution in [1.82, 2.24) is 0 Å². The first-order valence-corrected chi connectivity index (χ1v) is 8.75. The Bertz CT molecular complexity index is 679. The van der Waals surface area contributed by atoms with Crippen molar-refractivity contribution >= 4 is 16.7 Å². The van der Waals surface area contributed by atoms with E-state index in [2.05, 4.69) is 4.40 Å². The SMILES string of the molecule is COc1ccc(C(=NS(=O)C(C)(C)C)c2ccc(OC)cc2)cc1. The van der Waals surface area contributed by atoms with Crippen LogP contribution in [0.3, 0.4) is 0 Å². The van der Waals surface area contributed by atoms with E-state index >= 15 is 0 Å². The average molecular weight is 345 g/mol. The molecule has 0 N–H and O–H groups in total. The molecule has 2 rings (SSSR count). The fraction of sp³-hybridized carbons (Fsp3) is 0.316. The van der Waals surface area contributed by atoms with Gasteiger partial charge in [-0.05, 0) is 69.3 Å². The normalized spacial score (nSPS) is 12.4. The summed E-state index contributed by atoms with van der Waals surface area (Å²) in [6.07, 6.45) is 0. The smallest absolute Gasteiger partial charge is 0.145 e. The van der Waals surface area contributed by atoms with Crippen LogP contribution in [0.25, 0.3) is 0 Å². The van der Waals surface area contributed by atoms with E-state index in [9.17, 15) is 4.21 Å². The zero-order valence-electron chi connectivity index (χ0n) is 14.7. The summed E-state index contributed by atoms with van der Waals surface area (Å²) in [4.78, 5) is 0. The van der Waals surface area contributed by atoms with Crippen LogP contribution >= 0.6 is 0 Å². The maximum atomic E-state index is 12.5. The molecule has 0 heterocycles. The number of ether oxygens (including phenoxy) is 2. The summed E-state index contributed by atoms with van der Waals surface area (Å²) in [7, 11) is 1.90. The quantitative estimate of drug-likeness (QED) is 0.770. The van der Waals surface area contributed by atoms with Gasteiger partial charge in [0.1, 0.15) is 22.5 Å². The van der Waals surface area contributed by atoms with Crippen LogP contribution in [0.5, 0.6) is 11.5 Å². The van der Waals surface area contributed by atoms with Gasteiger partial charge in [0.2, 0.25) is 0 Å². The van der Waals surface area contributed by atoms with Gasteiger partial charge in [0.05, 0.1) is 24.7 Å². The molecule has 0 spiro atoms. The van der Waals surface area contributed by atoms with Gasteiger partial charge < -0.3 is 9.47 Å². The van der Waals surface area contributed by atoms with Crippen molar-refractivity contribution in [3.8, 4) is 11.5 Å². The zero-order chi connectivity index (χ0) is 17.7. The first-order valence-electron chi connectivity index (χ1n) is 7.64. The molecule has 5 heteroatoms. The average Bonchev–Trinajstić information content (AvgIpc) is 2.59. The second-order valence-electron chi connectivity index (χ2n) is 6.26. The van der Waals surface area contributed by atoms with Crippen molar-refractivity contribution in [3.05, 3.63) is 59.7 Å². The summed E-state index contributed by atoms with van der Waals surface area (Å²) in [5, 5.41) is 0. The van der Waals surface area contributed by atoms with E-state index in [0.717, 1.165) is 22.6 Å². The van der Waals surface area contributed by atoms with Crippen LogP contribution in [0.15, 0.2) is 52.9 Å². The number of methoxy groups -OCH3 is 2. The van der Waals surface area contributed by atoms with Gasteiger partial charge in [-0.15, -0.1) is 0 Å². The van der Waals surface area contributed by atoms with Crippen LogP contribution in [0.1, 0.15) is 31.9 Å². The van der Waals surface area contributed by atoms with Crippen LogP contribution in [0, 0.1) is 0 Å². The fourth-order valence-corrected chi connectivity index (χ4v) is 2.64. The standard InChI is InChI=1S/C19H23NO3S/c1-19(2,3)24(21)20-18(14-6-10-16(22-4)11-7-14)15-8-12-17(23-5)13-9-15/h6-13H,1-5H3. The van der Waals surface area contributed by atoms with E-state index in [1.165, 1.54) is 0 Å². The molecule has 24 heavy (non-hydrogen) atoms. The molecule has 0 saturated carbocycles. The molecular weight excluding hydrogens is 322 g/mol. The third-order valence-electron chi connectivity index (χ3n) is 3.42. The summed E-state index contributed by atoms with van der Waals surface area (Å²) in [5.41, 5.74) is 2.46. The lowest BCUT2D eigenvalue weighted by Gasteiger charge is -2.16. The Balaban J connectivity index is 2.51. The first-order chi connectivity index (χ1) is 11.3. The van der Waals surface area contributed by atoms with Crippen molar-refractivity contribution in [2.45, 2.75) is 25.5 Å². The molecule has 0 aliphatic carbocycles. The van der Waals surface area contributed by atoms with Crippen LogP contribution in [-0.4, -0.2) is 28.9 Å². The number of hydrogen-bond donors (Lipinski definition) is 0. The highest BCUT2D eigenvalue weighted by Crippen LogP contribution is 2.21. The van der Waals surface area contributed by atoms with E-state index in [4.69, 9.17) is 9.47 Å². The second-order valence-corrected chi connectivity index (χ2v) is 8.16. The highest BCUT2D eigenvalue weighted by Gasteiger charge is 2.21. The van der Waals surface area contributed by atoms with E-state index in [-0.39, 0.29) is 0 Å². The van der Waals surface area contributed by atoms with E-state index in [0.29, 0.717) is 5.71 Å². The van der Waals surface area contributed by atoms with Crippen molar-refractivity contribution in [3.63, 3.8) is 0 Å². The Labute approximate surface area is 146 Å². The lowest BCUT2D eigenvalue weighted by molar-refractivity contribution is 0.414. The molecule has 0 aromatic heterocycles. The minimum absolute atomic E-state index is 0.426. The predicted molar refractivity (Wildman–Crippen MR) is 99.5 cm³/mol. The van der Waals surface area contributed by atoms with Crippen molar-refractivity contribution in [2.75, 3.05) is 14.2 Å². The Morgan fingerprint density at radius 1 is 0.833 bits per heavy atom. The van der Waals surface area contributed by atoms with Gasteiger partial charge in [-0.2, -0.15) is 4.40 Å². The number of benzene rings is 2. The van der Waals surface area contributed by atoms with Crippen molar-refractivity contribution < 1.29 is 13.7 Å². The molecule has 0 aliphatic heterocycles. The number of nitrogens with zero attached hydrogens (tertiary/aromatic N) is 1. The molecule has 4 nitrogen and oxygen atoms in total. The topological polar surface area (TPSA) is 47.9 Å². The van der Waals surface area contributed by atoms with Gasteiger partial charge >= 0.3 is 0 Å². The van der Waals surface area contributed by atoms with Crippen LogP contribution in [0.4, 0.5) is 0 Å². The van der Waals surface area contributed by atoms with Crippen LogP contribution in [-0.2, 0) is 11.0 Å². The maximum Gasteiger partial charge on any atom is 0.145 e. The Morgan fingerprint density at radius 2 is 1.21 bits per heavy atom. The fourth-order valence-electron chi connectivity index (χ4n) is 1.99. The lowest BCUT2D eigenvalue weighted by atomic mass is 10.0. The van der Waals surface area contributed by atoms with Crippen molar-refractivity contribution in [2.24, 2.45) is 4.40 Å². The molecule has 0 bridgehead atoms. The van der Waals surface area contributed by atoms with Gasteiger partial charge in [0.25, 0.3) is 0 Å². The molecule has 1 atom stereocenters. The van der Waals surface area contributed by atoms with Crippen LogP contribution < -0.4 is 9.47 Å². The van der Waals surface area contributed by atoms with E-state index < -0.39 is 15.7 Å². The lowest BCUT2D eigenvalue weighted by Crippen LogP contribution is -2.21. The minimum atomic E-state index is -1.36. The monoisotopic (exact) mass is 345 g/mol. The third kappa shape index (κ3) is 4.45. The molecule has 0 fully saturated rings. The summed E-state index contributed by atoms with van der Waals surface area (Å²) in [6, 6.07) is 15.2. The van der Waals surface area contributed by atoms with Gasteiger partial charge in [0.15, 0.2) is 0 Å². The Kier molecular flexibility index (Phi) is 5.78. The largest absolute Gasteiger partial charge is 0.497 e. The predicted octanol–water partition coefficient (Wildman–Crippen LogP) is 4.00. The Hall–Kier alpha value is -2.14. The molecule has 0 radical (unpaired) electrons. The molecule has 2 aromatic carbocycles. The second kappa shape index (κ2) is 7.62. The molecule has 0 aliphatic rings. The summed E-state index contributed by atoms with van der Waals surface area (Å²) < 4.78 is 27.0. The highest BCUT2D eigenvalue weighted by atomic mass is 32.2. The van der Waals surface area contributed by atoms with Gasteiger partial charge in [0, 0.05) is 11.1 Å². The molecule has 2 aromatic rings. The maximum absolute atomic E-state index is 12.5. The van der Waals surface area contributed by atoms with E-state index in [1.807, 2.05) is 69.3 Å².